The molecule has 0 aliphatic carbocycles. The number of aliphatic imine (C=N–C) groups is 1. The van der Waals surface area contributed by atoms with Gasteiger partial charge in [0.25, 0.3) is 0 Å². The molecule has 0 amide bonds. The normalized spacial score (nSPS) is 15.1. The molecule has 0 atom stereocenters. The Morgan fingerprint density at radius 2 is 1.96 bits per heavy atom. The van der Waals surface area contributed by atoms with Crippen LogP contribution in [-0.4, -0.2) is 35.4 Å². The zero-order chi connectivity index (χ0) is 18.4. The Labute approximate surface area is 154 Å². The van der Waals surface area contributed by atoms with Crippen molar-refractivity contribution < 1.29 is 23.8 Å². The number of esters is 1. The van der Waals surface area contributed by atoms with E-state index in [0.29, 0.717) is 32.9 Å². The molecule has 1 aliphatic rings. The monoisotopic (exact) mass is 379 g/mol. The summed E-state index contributed by atoms with van der Waals surface area (Å²) in [6.45, 7) is 4.94. The first-order chi connectivity index (χ1) is 12.0. The molecule has 1 aliphatic heterocycles. The lowest BCUT2D eigenvalue weighted by Crippen LogP contribution is -2.05. The van der Waals surface area contributed by atoms with Gasteiger partial charge in [0.2, 0.25) is 10.9 Å². The quantitative estimate of drug-likeness (QED) is 0.324. The Morgan fingerprint density at radius 3 is 2.48 bits per heavy atom. The third-order valence-electron chi connectivity index (χ3n) is 2.96. The number of carbonyl (C=O) groups is 2. The van der Waals surface area contributed by atoms with Crippen molar-refractivity contribution in [3.63, 3.8) is 0 Å². The minimum atomic E-state index is -0.487. The lowest BCUT2D eigenvalue weighted by molar-refractivity contribution is -0.132. The standard InChI is InChI=1S/C17H17NO5S2/c1-5-6-24-17-18-12(16(20)25-17)7-11-8-13(21-3)15(23-10(2)19)14(9-11)22-4/h5,7-9H,1,6H2,2-4H3. The number of benzene rings is 1. The number of nitrogens with zero attached hydrogens (tertiary/aromatic N) is 1. The van der Waals surface area contributed by atoms with Crippen molar-refractivity contribution in [2.45, 2.75) is 6.92 Å². The largest absolute Gasteiger partial charge is 0.493 e. The molecule has 0 bridgehead atoms. The molecule has 0 saturated heterocycles. The van der Waals surface area contributed by atoms with Crippen LogP contribution in [0.3, 0.4) is 0 Å². The Kier molecular flexibility index (Phi) is 6.72. The molecule has 1 aromatic carbocycles. The molecular weight excluding hydrogens is 362 g/mol. The van der Waals surface area contributed by atoms with Crippen LogP contribution < -0.4 is 14.2 Å². The zero-order valence-corrected chi connectivity index (χ0v) is 15.7. The molecule has 0 N–H and O–H groups in total. The molecule has 0 radical (unpaired) electrons. The van der Waals surface area contributed by atoms with E-state index in [4.69, 9.17) is 14.2 Å². The molecule has 25 heavy (non-hydrogen) atoms. The molecule has 0 aromatic heterocycles. The molecule has 1 aromatic rings. The highest BCUT2D eigenvalue weighted by atomic mass is 32.2. The Hall–Kier alpha value is -2.19. The van der Waals surface area contributed by atoms with E-state index in [9.17, 15) is 9.59 Å². The van der Waals surface area contributed by atoms with Gasteiger partial charge in [0.05, 0.1) is 14.2 Å². The second-order valence-electron chi connectivity index (χ2n) is 4.74. The van der Waals surface area contributed by atoms with Crippen LogP contribution in [0.1, 0.15) is 12.5 Å². The van der Waals surface area contributed by atoms with Crippen molar-refractivity contribution in [2.75, 3.05) is 20.0 Å². The summed E-state index contributed by atoms with van der Waals surface area (Å²) in [4.78, 5) is 27.7. The SMILES string of the molecule is C=CCSC1=NC(=Cc2cc(OC)c(OC(C)=O)c(OC)c2)C(=O)S1. The molecule has 0 unspecified atom stereocenters. The van der Waals surface area contributed by atoms with Gasteiger partial charge in [0, 0.05) is 12.7 Å². The summed E-state index contributed by atoms with van der Waals surface area (Å²) in [5, 5.41) is -0.131. The number of methoxy groups -OCH3 is 2. The van der Waals surface area contributed by atoms with Gasteiger partial charge in [-0.05, 0) is 35.5 Å². The predicted octanol–water partition coefficient (Wildman–Crippen LogP) is 3.52. The lowest BCUT2D eigenvalue weighted by atomic mass is 10.1. The summed E-state index contributed by atoms with van der Waals surface area (Å²) in [6.07, 6.45) is 3.39. The van der Waals surface area contributed by atoms with Gasteiger partial charge in [0.1, 0.15) is 10.1 Å². The highest BCUT2D eigenvalue weighted by molar-refractivity contribution is 8.45. The van der Waals surface area contributed by atoms with E-state index in [0.717, 1.165) is 11.8 Å². The Bertz CT molecular complexity index is 745. The van der Waals surface area contributed by atoms with Crippen LogP contribution in [0.5, 0.6) is 17.2 Å². The molecule has 2 rings (SSSR count). The highest BCUT2D eigenvalue weighted by Crippen LogP contribution is 2.40. The van der Waals surface area contributed by atoms with Gasteiger partial charge in [-0.2, -0.15) is 0 Å². The average molecular weight is 379 g/mol. The van der Waals surface area contributed by atoms with Crippen LogP contribution in [0.4, 0.5) is 0 Å². The lowest BCUT2D eigenvalue weighted by Gasteiger charge is -2.13. The number of rotatable bonds is 6. The summed E-state index contributed by atoms with van der Waals surface area (Å²) in [5.74, 6) is 1.04. The maximum atomic E-state index is 12.1. The van der Waals surface area contributed by atoms with Crippen LogP contribution in [0.2, 0.25) is 0 Å². The van der Waals surface area contributed by atoms with Gasteiger partial charge in [-0.15, -0.1) is 6.58 Å². The number of hydrogen-bond acceptors (Lipinski definition) is 8. The first-order valence-electron chi connectivity index (χ1n) is 7.19. The molecule has 0 spiro atoms. The fourth-order valence-electron chi connectivity index (χ4n) is 1.97. The van der Waals surface area contributed by atoms with Crippen LogP contribution >= 0.6 is 23.5 Å². The van der Waals surface area contributed by atoms with Gasteiger partial charge in [-0.1, -0.05) is 17.8 Å². The van der Waals surface area contributed by atoms with Crippen molar-refractivity contribution in [1.29, 1.82) is 0 Å². The Morgan fingerprint density at radius 1 is 1.32 bits per heavy atom. The van der Waals surface area contributed by atoms with Crippen molar-refractivity contribution in [2.24, 2.45) is 4.99 Å². The first kappa shape index (κ1) is 19.1. The fourth-order valence-corrected chi connectivity index (χ4v) is 3.57. The van der Waals surface area contributed by atoms with Gasteiger partial charge >= 0.3 is 5.97 Å². The maximum Gasteiger partial charge on any atom is 0.308 e. The minimum absolute atomic E-state index is 0.131. The number of hydrogen-bond donors (Lipinski definition) is 0. The molecule has 6 nitrogen and oxygen atoms in total. The maximum absolute atomic E-state index is 12.1. The third-order valence-corrected chi connectivity index (χ3v) is 4.96. The number of ether oxygens (including phenoxy) is 3. The highest BCUT2D eigenvalue weighted by Gasteiger charge is 2.23. The number of carbonyl (C=O) groups excluding carboxylic acids is 2. The van der Waals surface area contributed by atoms with E-state index < -0.39 is 5.97 Å². The second kappa shape index (κ2) is 8.77. The summed E-state index contributed by atoms with van der Waals surface area (Å²) >= 11 is 2.54. The molecule has 0 saturated carbocycles. The van der Waals surface area contributed by atoms with Crippen LogP contribution in [0.15, 0.2) is 35.5 Å². The minimum Gasteiger partial charge on any atom is -0.493 e. The second-order valence-corrected chi connectivity index (χ2v) is 6.97. The Balaban J connectivity index is 2.39. The van der Waals surface area contributed by atoms with Crippen molar-refractivity contribution in [1.82, 2.24) is 0 Å². The van der Waals surface area contributed by atoms with Crippen LogP contribution in [0, 0.1) is 0 Å². The van der Waals surface area contributed by atoms with E-state index in [1.54, 1.807) is 24.3 Å². The fraction of sp³-hybridized carbons (Fsp3) is 0.235. The van der Waals surface area contributed by atoms with Crippen molar-refractivity contribution in [3.05, 3.63) is 36.0 Å². The van der Waals surface area contributed by atoms with E-state index in [-0.39, 0.29) is 10.9 Å². The van der Waals surface area contributed by atoms with E-state index in [1.807, 2.05) is 0 Å². The summed E-state index contributed by atoms with van der Waals surface area (Å²) < 4.78 is 16.4. The number of thioether (sulfide) groups is 2. The smallest absolute Gasteiger partial charge is 0.308 e. The average Bonchev–Trinajstić information content (AvgIpc) is 2.93. The van der Waals surface area contributed by atoms with Gasteiger partial charge in [0.15, 0.2) is 11.5 Å². The first-order valence-corrected chi connectivity index (χ1v) is 8.99. The summed E-state index contributed by atoms with van der Waals surface area (Å²) in [6, 6.07) is 3.30. The van der Waals surface area contributed by atoms with E-state index >= 15 is 0 Å². The van der Waals surface area contributed by atoms with Gasteiger partial charge in [-0.3, -0.25) is 9.59 Å². The predicted molar refractivity (Wildman–Crippen MR) is 102 cm³/mol. The molecule has 0 fully saturated rings. The summed E-state index contributed by atoms with van der Waals surface area (Å²) in [5.41, 5.74) is 0.980. The van der Waals surface area contributed by atoms with E-state index in [1.165, 1.54) is 32.9 Å². The van der Waals surface area contributed by atoms with Gasteiger partial charge in [-0.25, -0.2) is 4.99 Å². The topological polar surface area (TPSA) is 74.2 Å². The molecule has 8 heteroatoms. The molecule has 1 heterocycles. The third kappa shape index (κ3) is 4.90. The van der Waals surface area contributed by atoms with Crippen LogP contribution in [-0.2, 0) is 9.59 Å². The van der Waals surface area contributed by atoms with E-state index in [2.05, 4.69) is 11.6 Å². The molecule has 132 valence electrons. The molecular formula is C17H17NO5S2. The van der Waals surface area contributed by atoms with Gasteiger partial charge < -0.3 is 14.2 Å². The summed E-state index contributed by atoms with van der Waals surface area (Å²) in [7, 11) is 2.91. The zero-order valence-electron chi connectivity index (χ0n) is 14.0. The van der Waals surface area contributed by atoms with Crippen molar-refractivity contribution in [3.8, 4) is 17.2 Å². The van der Waals surface area contributed by atoms with Crippen molar-refractivity contribution >= 4 is 45.1 Å². The van der Waals surface area contributed by atoms with Crippen LogP contribution in [0.25, 0.3) is 6.08 Å².